The van der Waals surface area contributed by atoms with E-state index in [1.165, 1.54) is 38.1 Å². The highest BCUT2D eigenvalue weighted by Gasteiger charge is 2.47. The molecule has 0 spiro atoms. The Kier molecular flexibility index (Phi) is 3.63. The lowest BCUT2D eigenvalue weighted by atomic mass is 9.88. The molecule has 1 fully saturated rings. The standard InChI is InChI=1S/C13H12F2N2O4/c1-13(2)9(18)16-12(20)17(10(13)19)7-3-5-8(6-4-7)21-11(14)15/h3-6,11H,1-2H3,(H,16,18,20). The Morgan fingerprint density at radius 3 is 2.24 bits per heavy atom. The Morgan fingerprint density at radius 2 is 1.71 bits per heavy atom. The van der Waals surface area contributed by atoms with Crippen molar-refractivity contribution in [2.45, 2.75) is 20.5 Å². The highest BCUT2D eigenvalue weighted by molar-refractivity contribution is 6.29. The van der Waals surface area contributed by atoms with Crippen molar-refractivity contribution in [1.82, 2.24) is 5.32 Å². The number of imide groups is 2. The Hall–Kier alpha value is -2.51. The highest BCUT2D eigenvalue weighted by Crippen LogP contribution is 2.29. The number of nitrogens with zero attached hydrogens (tertiary/aromatic N) is 1. The minimum Gasteiger partial charge on any atom is -0.435 e. The summed E-state index contributed by atoms with van der Waals surface area (Å²) in [4.78, 5) is 36.4. The third kappa shape index (κ3) is 2.69. The zero-order valence-electron chi connectivity index (χ0n) is 11.2. The van der Waals surface area contributed by atoms with E-state index in [9.17, 15) is 23.2 Å². The van der Waals surface area contributed by atoms with E-state index < -0.39 is 29.9 Å². The van der Waals surface area contributed by atoms with Crippen LogP contribution >= 0.6 is 0 Å². The number of benzene rings is 1. The third-order valence-corrected chi connectivity index (χ3v) is 3.05. The molecule has 0 radical (unpaired) electrons. The van der Waals surface area contributed by atoms with Crippen LogP contribution in [-0.2, 0) is 9.59 Å². The van der Waals surface area contributed by atoms with Crippen LogP contribution < -0.4 is 15.0 Å². The monoisotopic (exact) mass is 298 g/mol. The number of halogens is 2. The topological polar surface area (TPSA) is 75.7 Å². The van der Waals surface area contributed by atoms with Gasteiger partial charge in [-0.15, -0.1) is 0 Å². The quantitative estimate of drug-likeness (QED) is 0.865. The molecule has 0 aromatic heterocycles. The third-order valence-electron chi connectivity index (χ3n) is 3.05. The van der Waals surface area contributed by atoms with Crippen LogP contribution in [0.25, 0.3) is 0 Å². The minimum atomic E-state index is -2.97. The van der Waals surface area contributed by atoms with E-state index in [-0.39, 0.29) is 11.4 Å². The fraction of sp³-hybridized carbons (Fsp3) is 0.308. The molecule has 4 amide bonds. The van der Waals surface area contributed by atoms with Crippen molar-refractivity contribution >= 4 is 23.5 Å². The van der Waals surface area contributed by atoms with Gasteiger partial charge in [0.25, 0.3) is 0 Å². The summed E-state index contributed by atoms with van der Waals surface area (Å²) in [6.45, 7) is -0.191. The maximum Gasteiger partial charge on any atom is 0.387 e. The van der Waals surface area contributed by atoms with Crippen LogP contribution in [0.3, 0.4) is 0 Å². The fourth-order valence-electron chi connectivity index (χ4n) is 1.79. The Labute approximate surface area is 118 Å². The number of urea groups is 1. The lowest BCUT2D eigenvalue weighted by Gasteiger charge is -2.34. The van der Waals surface area contributed by atoms with Crippen LogP contribution in [0.4, 0.5) is 19.3 Å². The number of ether oxygens (including phenoxy) is 1. The second-order valence-corrected chi connectivity index (χ2v) is 4.90. The summed E-state index contributed by atoms with van der Waals surface area (Å²) < 4.78 is 28.3. The van der Waals surface area contributed by atoms with Gasteiger partial charge in [-0.25, -0.2) is 9.69 Å². The molecule has 1 N–H and O–H groups in total. The van der Waals surface area contributed by atoms with Gasteiger partial charge in [-0.05, 0) is 38.1 Å². The SMILES string of the molecule is CC1(C)C(=O)NC(=O)N(c2ccc(OC(F)F)cc2)C1=O. The summed E-state index contributed by atoms with van der Waals surface area (Å²) in [6, 6.07) is 4.07. The largest absolute Gasteiger partial charge is 0.435 e. The molecule has 0 atom stereocenters. The Balaban J connectivity index is 2.30. The molecule has 1 aliphatic heterocycles. The number of hydrogen-bond donors (Lipinski definition) is 1. The molecule has 2 rings (SSSR count). The van der Waals surface area contributed by atoms with Gasteiger partial charge < -0.3 is 4.74 Å². The predicted molar refractivity (Wildman–Crippen MR) is 67.9 cm³/mol. The number of alkyl halides is 2. The first-order chi connectivity index (χ1) is 9.73. The first-order valence-electron chi connectivity index (χ1n) is 5.98. The van der Waals surface area contributed by atoms with E-state index in [0.717, 1.165) is 4.90 Å². The summed E-state index contributed by atoms with van der Waals surface area (Å²) in [6.07, 6.45) is 0. The normalized spacial score (nSPS) is 18.0. The second kappa shape index (κ2) is 5.12. The summed E-state index contributed by atoms with van der Waals surface area (Å²) in [5, 5.41) is 2.07. The van der Waals surface area contributed by atoms with Crippen molar-refractivity contribution in [2.75, 3.05) is 4.90 Å². The molecule has 1 aromatic rings. The fourth-order valence-corrected chi connectivity index (χ4v) is 1.79. The predicted octanol–water partition coefficient (Wildman–Crippen LogP) is 1.90. The molecule has 0 bridgehead atoms. The molecule has 1 saturated heterocycles. The number of carbonyl (C=O) groups is 3. The van der Waals surface area contributed by atoms with Crippen molar-refractivity contribution in [2.24, 2.45) is 5.41 Å². The number of barbiturate groups is 1. The summed E-state index contributed by atoms with van der Waals surface area (Å²) >= 11 is 0. The molecule has 112 valence electrons. The molecule has 8 heteroatoms. The molecular weight excluding hydrogens is 286 g/mol. The molecule has 0 aliphatic carbocycles. The van der Waals surface area contributed by atoms with Gasteiger partial charge in [0.05, 0.1) is 5.69 Å². The van der Waals surface area contributed by atoms with Crippen LogP contribution in [0.2, 0.25) is 0 Å². The van der Waals surface area contributed by atoms with E-state index >= 15 is 0 Å². The molecular formula is C13H12F2N2O4. The lowest BCUT2D eigenvalue weighted by molar-refractivity contribution is -0.140. The first kappa shape index (κ1) is 14.9. The number of carbonyl (C=O) groups excluding carboxylic acids is 3. The Bertz CT molecular complexity index is 599. The molecule has 6 nitrogen and oxygen atoms in total. The molecule has 21 heavy (non-hydrogen) atoms. The maximum atomic E-state index is 12.2. The molecule has 1 aliphatic rings. The van der Waals surface area contributed by atoms with Gasteiger partial charge in [-0.2, -0.15) is 8.78 Å². The van der Waals surface area contributed by atoms with E-state index in [1.54, 1.807) is 0 Å². The molecule has 1 aromatic carbocycles. The molecule has 1 heterocycles. The van der Waals surface area contributed by atoms with Gasteiger partial charge in [0, 0.05) is 0 Å². The highest BCUT2D eigenvalue weighted by atomic mass is 19.3. The number of anilines is 1. The van der Waals surface area contributed by atoms with Crippen LogP contribution in [0, 0.1) is 5.41 Å². The molecule has 0 saturated carbocycles. The minimum absolute atomic E-state index is 0.103. The first-order valence-corrected chi connectivity index (χ1v) is 5.98. The summed E-state index contributed by atoms with van der Waals surface area (Å²) in [7, 11) is 0. The number of amides is 4. The zero-order valence-corrected chi connectivity index (χ0v) is 11.2. The van der Waals surface area contributed by atoms with E-state index in [0.29, 0.717) is 0 Å². The average Bonchev–Trinajstić information content (AvgIpc) is 2.38. The van der Waals surface area contributed by atoms with Crippen LogP contribution in [0.5, 0.6) is 5.75 Å². The van der Waals surface area contributed by atoms with Gasteiger partial charge in [0.2, 0.25) is 11.8 Å². The second-order valence-electron chi connectivity index (χ2n) is 4.90. The summed E-state index contributed by atoms with van der Waals surface area (Å²) in [5.41, 5.74) is -1.24. The van der Waals surface area contributed by atoms with E-state index in [1.807, 2.05) is 0 Å². The van der Waals surface area contributed by atoms with Crippen molar-refractivity contribution in [3.63, 3.8) is 0 Å². The van der Waals surface area contributed by atoms with Crippen molar-refractivity contribution in [3.05, 3.63) is 24.3 Å². The van der Waals surface area contributed by atoms with Crippen LogP contribution in [0.15, 0.2) is 24.3 Å². The van der Waals surface area contributed by atoms with Gasteiger partial charge >= 0.3 is 12.6 Å². The molecule has 0 unspecified atom stereocenters. The van der Waals surface area contributed by atoms with Crippen molar-refractivity contribution in [1.29, 1.82) is 0 Å². The maximum absolute atomic E-state index is 12.2. The van der Waals surface area contributed by atoms with E-state index in [4.69, 9.17) is 0 Å². The lowest BCUT2D eigenvalue weighted by Crippen LogP contribution is -2.62. The number of nitrogens with one attached hydrogen (secondary N) is 1. The van der Waals surface area contributed by atoms with Gasteiger partial charge in [-0.3, -0.25) is 14.9 Å². The van der Waals surface area contributed by atoms with E-state index in [2.05, 4.69) is 10.1 Å². The Morgan fingerprint density at radius 1 is 1.14 bits per heavy atom. The number of rotatable bonds is 3. The number of hydrogen-bond acceptors (Lipinski definition) is 4. The van der Waals surface area contributed by atoms with Gasteiger partial charge in [-0.1, -0.05) is 0 Å². The van der Waals surface area contributed by atoms with Crippen LogP contribution in [0.1, 0.15) is 13.8 Å². The summed E-state index contributed by atoms with van der Waals surface area (Å²) in [5.74, 6) is -1.49. The van der Waals surface area contributed by atoms with Crippen molar-refractivity contribution < 1.29 is 27.9 Å². The van der Waals surface area contributed by atoms with Crippen molar-refractivity contribution in [3.8, 4) is 5.75 Å². The van der Waals surface area contributed by atoms with Crippen LogP contribution in [-0.4, -0.2) is 24.5 Å². The average molecular weight is 298 g/mol. The zero-order chi connectivity index (χ0) is 15.8. The smallest absolute Gasteiger partial charge is 0.387 e. The van der Waals surface area contributed by atoms with Gasteiger partial charge in [0.15, 0.2) is 0 Å². The van der Waals surface area contributed by atoms with Gasteiger partial charge in [0.1, 0.15) is 11.2 Å².